The highest BCUT2D eigenvalue weighted by Crippen LogP contribution is 2.25. The molecule has 0 aliphatic carbocycles. The quantitative estimate of drug-likeness (QED) is 0.308. The number of nitrogens with one attached hydrogen (secondary N) is 1. The molecule has 1 N–H and O–H groups in total. The molecule has 0 saturated heterocycles. The summed E-state index contributed by atoms with van der Waals surface area (Å²) in [6.07, 6.45) is 2.56. The van der Waals surface area contributed by atoms with Gasteiger partial charge in [0.25, 0.3) is 5.69 Å². The third kappa shape index (κ3) is 5.38. The number of ether oxygens (including phenoxy) is 2. The van der Waals surface area contributed by atoms with E-state index in [0.717, 1.165) is 6.08 Å². The number of sulfonamides is 1. The van der Waals surface area contributed by atoms with Crippen molar-refractivity contribution in [2.75, 3.05) is 14.2 Å². The number of hydrogen-bond donors (Lipinski definition) is 1. The molecule has 0 amide bonds. The molecule has 0 spiro atoms. The summed E-state index contributed by atoms with van der Waals surface area (Å²) in [6.45, 7) is -0.0524. The summed E-state index contributed by atoms with van der Waals surface area (Å²) in [4.78, 5) is 21.9. The number of nitrogens with zero attached hydrogens (tertiary/aromatic N) is 1. The van der Waals surface area contributed by atoms with Gasteiger partial charge in [0.05, 0.1) is 12.0 Å². The summed E-state index contributed by atoms with van der Waals surface area (Å²) in [7, 11) is -1.09. The van der Waals surface area contributed by atoms with Crippen LogP contribution in [0.2, 0.25) is 0 Å². The fourth-order valence-electron chi connectivity index (χ4n) is 2.20. The van der Waals surface area contributed by atoms with Crippen LogP contribution in [0.15, 0.2) is 53.4 Å². The lowest BCUT2D eigenvalue weighted by molar-refractivity contribution is -0.384. The van der Waals surface area contributed by atoms with Crippen molar-refractivity contribution in [3.05, 3.63) is 69.8 Å². The van der Waals surface area contributed by atoms with Gasteiger partial charge in [-0.15, -0.1) is 0 Å². The lowest BCUT2D eigenvalue weighted by atomic mass is 10.2. The topological polar surface area (TPSA) is 125 Å². The first kappa shape index (κ1) is 21.1. The minimum atomic E-state index is -3.73. The van der Waals surface area contributed by atoms with Gasteiger partial charge < -0.3 is 9.47 Å². The molecule has 148 valence electrons. The Balaban J connectivity index is 2.05. The van der Waals surface area contributed by atoms with Crippen LogP contribution < -0.4 is 9.46 Å². The monoisotopic (exact) mass is 406 g/mol. The molecule has 0 aromatic heterocycles. The van der Waals surface area contributed by atoms with E-state index in [2.05, 4.69) is 4.72 Å². The largest absolute Gasteiger partial charge is 0.495 e. The van der Waals surface area contributed by atoms with Gasteiger partial charge in [0.15, 0.2) is 0 Å². The fraction of sp³-hybridized carbons (Fsp3) is 0.167. The van der Waals surface area contributed by atoms with Gasteiger partial charge in [-0.1, -0.05) is 6.07 Å². The van der Waals surface area contributed by atoms with E-state index in [-0.39, 0.29) is 22.9 Å². The van der Waals surface area contributed by atoms with E-state index in [1.165, 1.54) is 56.6 Å². The van der Waals surface area contributed by atoms with Gasteiger partial charge in [0.1, 0.15) is 17.3 Å². The van der Waals surface area contributed by atoms with Crippen molar-refractivity contribution in [2.24, 2.45) is 0 Å². The normalized spacial score (nSPS) is 11.4. The first-order chi connectivity index (χ1) is 13.3. The lowest BCUT2D eigenvalue weighted by Crippen LogP contribution is -2.19. The molecule has 9 nitrogen and oxygen atoms in total. The zero-order valence-electron chi connectivity index (χ0n) is 15.1. The molecule has 0 unspecified atom stereocenters. The molecule has 0 fully saturated rings. The molecule has 0 saturated carbocycles. The SMILES string of the molecule is CNS(=O)(=O)c1cc(/C=C/C(=O)OCc2ccc([N+](=O)[O-])cc2)ccc1OC. The molecular formula is C18H18N2O7S. The van der Waals surface area contributed by atoms with Crippen LogP contribution in [-0.4, -0.2) is 33.5 Å². The third-order valence-corrected chi connectivity index (χ3v) is 5.12. The van der Waals surface area contributed by atoms with E-state index in [9.17, 15) is 23.3 Å². The molecule has 0 radical (unpaired) electrons. The number of benzene rings is 2. The van der Waals surface area contributed by atoms with Crippen LogP contribution >= 0.6 is 0 Å². The molecule has 28 heavy (non-hydrogen) atoms. The van der Waals surface area contributed by atoms with E-state index in [0.29, 0.717) is 11.1 Å². The molecule has 2 aromatic carbocycles. The standard InChI is InChI=1S/C18H18N2O7S/c1-19-28(24,25)17-11-13(5-9-16(17)26-2)6-10-18(21)27-12-14-3-7-15(8-4-14)20(22)23/h3-11,19H,12H2,1-2H3/b10-6+. The second kappa shape index (κ2) is 9.11. The zero-order chi connectivity index (χ0) is 20.7. The van der Waals surface area contributed by atoms with Crippen molar-refractivity contribution >= 4 is 27.8 Å². The summed E-state index contributed by atoms with van der Waals surface area (Å²) in [5.74, 6) is -0.473. The van der Waals surface area contributed by atoms with Crippen molar-refractivity contribution in [2.45, 2.75) is 11.5 Å². The van der Waals surface area contributed by atoms with Gasteiger partial charge in [-0.05, 0) is 48.5 Å². The number of hydrogen-bond acceptors (Lipinski definition) is 7. The van der Waals surface area contributed by atoms with E-state index >= 15 is 0 Å². The Kier molecular flexibility index (Phi) is 6.85. The van der Waals surface area contributed by atoms with Crippen molar-refractivity contribution < 1.29 is 27.6 Å². The predicted molar refractivity (Wildman–Crippen MR) is 101 cm³/mol. The molecule has 10 heteroatoms. The number of nitro benzene ring substituents is 1. The number of non-ortho nitro benzene ring substituents is 1. The number of methoxy groups -OCH3 is 1. The molecule has 0 aliphatic rings. The Morgan fingerprint density at radius 3 is 2.46 bits per heavy atom. The van der Waals surface area contributed by atoms with E-state index < -0.39 is 20.9 Å². The highest BCUT2D eigenvalue weighted by molar-refractivity contribution is 7.89. The zero-order valence-corrected chi connectivity index (χ0v) is 15.9. The van der Waals surface area contributed by atoms with Crippen LogP contribution in [0.4, 0.5) is 5.69 Å². The predicted octanol–water partition coefficient (Wildman–Crippen LogP) is 2.27. The van der Waals surface area contributed by atoms with Crippen LogP contribution in [0.1, 0.15) is 11.1 Å². The maximum atomic E-state index is 12.0. The number of rotatable bonds is 8. The summed E-state index contributed by atoms with van der Waals surface area (Å²) in [6, 6.07) is 10.1. The highest BCUT2D eigenvalue weighted by atomic mass is 32.2. The minimum Gasteiger partial charge on any atom is -0.495 e. The first-order valence-corrected chi connectivity index (χ1v) is 9.45. The van der Waals surface area contributed by atoms with Crippen LogP contribution in [0, 0.1) is 10.1 Å². The highest BCUT2D eigenvalue weighted by Gasteiger charge is 2.17. The summed E-state index contributed by atoms with van der Waals surface area (Å²) >= 11 is 0. The average molecular weight is 406 g/mol. The number of carbonyl (C=O) groups excluding carboxylic acids is 1. The maximum Gasteiger partial charge on any atom is 0.331 e. The van der Waals surface area contributed by atoms with E-state index in [1.807, 2.05) is 0 Å². The summed E-state index contributed by atoms with van der Waals surface area (Å²) in [5.41, 5.74) is 1.00. The average Bonchev–Trinajstić information content (AvgIpc) is 2.70. The van der Waals surface area contributed by atoms with Gasteiger partial charge in [-0.25, -0.2) is 17.9 Å². The Labute approximate surface area is 161 Å². The van der Waals surface area contributed by atoms with Gasteiger partial charge in [-0.3, -0.25) is 10.1 Å². The van der Waals surface area contributed by atoms with Crippen molar-refractivity contribution in [1.82, 2.24) is 4.72 Å². The fourth-order valence-corrected chi connectivity index (χ4v) is 3.13. The second-order valence-electron chi connectivity index (χ2n) is 5.48. The van der Waals surface area contributed by atoms with Crippen LogP contribution in [0.5, 0.6) is 5.75 Å². The Morgan fingerprint density at radius 1 is 1.21 bits per heavy atom. The summed E-state index contributed by atoms with van der Waals surface area (Å²) in [5, 5.41) is 10.6. The number of carbonyl (C=O) groups is 1. The third-order valence-electron chi connectivity index (χ3n) is 3.69. The van der Waals surface area contributed by atoms with Gasteiger partial charge >= 0.3 is 5.97 Å². The van der Waals surface area contributed by atoms with Gasteiger partial charge in [0.2, 0.25) is 10.0 Å². The molecule has 2 aromatic rings. The van der Waals surface area contributed by atoms with Crippen LogP contribution in [-0.2, 0) is 26.2 Å². The second-order valence-corrected chi connectivity index (χ2v) is 7.34. The van der Waals surface area contributed by atoms with Crippen molar-refractivity contribution in [1.29, 1.82) is 0 Å². The minimum absolute atomic E-state index is 0.0524. The molecule has 0 heterocycles. The molecular weight excluding hydrogens is 388 g/mol. The molecule has 0 bridgehead atoms. The first-order valence-electron chi connectivity index (χ1n) is 7.96. The van der Waals surface area contributed by atoms with Crippen LogP contribution in [0.3, 0.4) is 0 Å². The Morgan fingerprint density at radius 2 is 1.89 bits per heavy atom. The van der Waals surface area contributed by atoms with E-state index in [1.54, 1.807) is 6.07 Å². The number of nitro groups is 1. The molecule has 0 atom stereocenters. The number of esters is 1. The van der Waals surface area contributed by atoms with Gasteiger partial charge in [0, 0.05) is 18.2 Å². The maximum absolute atomic E-state index is 12.0. The van der Waals surface area contributed by atoms with Crippen molar-refractivity contribution in [3.8, 4) is 5.75 Å². The smallest absolute Gasteiger partial charge is 0.331 e. The van der Waals surface area contributed by atoms with E-state index in [4.69, 9.17) is 9.47 Å². The molecule has 2 rings (SSSR count). The Hall–Kier alpha value is -3.24. The Bertz CT molecular complexity index is 999. The van der Waals surface area contributed by atoms with Crippen LogP contribution in [0.25, 0.3) is 6.08 Å². The lowest BCUT2D eigenvalue weighted by Gasteiger charge is -2.09. The summed E-state index contributed by atoms with van der Waals surface area (Å²) < 4.78 is 36.4. The van der Waals surface area contributed by atoms with Crippen molar-refractivity contribution in [3.63, 3.8) is 0 Å². The molecule has 0 aliphatic heterocycles. The van der Waals surface area contributed by atoms with Gasteiger partial charge in [-0.2, -0.15) is 0 Å².